The van der Waals surface area contributed by atoms with E-state index < -0.39 is 67.2 Å². The number of ether oxygens (including phenoxy) is 1. The van der Waals surface area contributed by atoms with Crippen LogP contribution in [0.1, 0.15) is 33.4 Å². The van der Waals surface area contributed by atoms with Gasteiger partial charge in [-0.1, -0.05) is 0 Å². The van der Waals surface area contributed by atoms with Gasteiger partial charge in [0, 0.05) is 6.42 Å². The maximum atomic E-state index is 12.4. The van der Waals surface area contributed by atoms with Crippen molar-refractivity contribution in [1.82, 2.24) is 19.5 Å². The van der Waals surface area contributed by atoms with Gasteiger partial charge in [-0.3, -0.25) is 23.8 Å². The van der Waals surface area contributed by atoms with Crippen molar-refractivity contribution in [3.05, 3.63) is 46.0 Å². The van der Waals surface area contributed by atoms with E-state index in [0.29, 0.717) is 0 Å². The van der Waals surface area contributed by atoms with E-state index in [1.807, 2.05) is 0 Å². The number of carboxylic acids is 2. The Morgan fingerprint density at radius 1 is 1.26 bits per heavy atom. The fraction of sp³-hybridized carbons (Fsp3) is 0.278. The second-order valence-electron chi connectivity index (χ2n) is 7.42. The van der Waals surface area contributed by atoms with Gasteiger partial charge in [0.25, 0.3) is 5.56 Å². The highest BCUT2D eigenvalue weighted by molar-refractivity contribution is 7.47. The van der Waals surface area contributed by atoms with Gasteiger partial charge in [0.05, 0.1) is 30.2 Å². The average molecular weight is 511 g/mol. The number of phosphoric ester groups is 1. The fourth-order valence-electron chi connectivity index (χ4n) is 3.42. The summed E-state index contributed by atoms with van der Waals surface area (Å²) in [6.07, 6.45) is -1.87. The molecule has 1 fully saturated rings. The predicted octanol–water partition coefficient (Wildman–Crippen LogP) is -0.0574. The van der Waals surface area contributed by atoms with Gasteiger partial charge in [0.1, 0.15) is 18.1 Å². The molecular weight excluding hydrogens is 493 g/mol. The lowest BCUT2D eigenvalue weighted by molar-refractivity contribution is -0.0420. The number of aliphatic hydroxyl groups excluding tert-OH is 1. The molecule has 4 rings (SSSR count). The summed E-state index contributed by atoms with van der Waals surface area (Å²) in [6, 6.07) is 2.55. The zero-order valence-corrected chi connectivity index (χ0v) is 18.4. The summed E-state index contributed by atoms with van der Waals surface area (Å²) in [7, 11) is -4.90. The van der Waals surface area contributed by atoms with Crippen molar-refractivity contribution in [2.24, 2.45) is 0 Å². The van der Waals surface area contributed by atoms with Crippen LogP contribution in [-0.4, -0.2) is 70.5 Å². The molecule has 16 nitrogen and oxygen atoms in total. The van der Waals surface area contributed by atoms with Crippen LogP contribution in [0, 0.1) is 0 Å². The van der Waals surface area contributed by atoms with E-state index in [9.17, 15) is 28.9 Å². The van der Waals surface area contributed by atoms with E-state index in [-0.39, 0.29) is 23.5 Å². The number of H-pyrrole nitrogens is 1. The summed E-state index contributed by atoms with van der Waals surface area (Å²) >= 11 is 0. The van der Waals surface area contributed by atoms with Gasteiger partial charge in [0.2, 0.25) is 5.95 Å². The largest absolute Gasteiger partial charge is 0.527 e. The van der Waals surface area contributed by atoms with Crippen molar-refractivity contribution >= 4 is 36.9 Å². The average Bonchev–Trinajstić information content (AvgIpc) is 3.35. The van der Waals surface area contributed by atoms with E-state index >= 15 is 0 Å². The van der Waals surface area contributed by atoms with Crippen LogP contribution in [0.4, 0.5) is 5.95 Å². The van der Waals surface area contributed by atoms with Crippen LogP contribution in [0.15, 0.2) is 29.3 Å². The van der Waals surface area contributed by atoms with Gasteiger partial charge >= 0.3 is 19.8 Å². The van der Waals surface area contributed by atoms with Crippen molar-refractivity contribution in [3.8, 4) is 5.75 Å². The standard InChI is InChI=1S/C18H18N5O11P/c19-18-21-14-13(15(25)22-18)20-6-23(14)12-4-10(24)11(33-12)5-32-35(30,31)34-9-2-7(16(26)27)1-8(3-9)17(28)29/h1-3,6,10-12,24H,4-5H2,(H,26,27)(H,28,29)(H,30,31)(H3,19,21,22,25)/t10-,11+,12+/m0/s1. The van der Waals surface area contributed by atoms with Crippen LogP contribution >= 0.6 is 7.82 Å². The predicted molar refractivity (Wildman–Crippen MR) is 114 cm³/mol. The third kappa shape index (κ3) is 5.16. The third-order valence-corrected chi connectivity index (χ3v) is 5.91. The second kappa shape index (κ2) is 9.09. The van der Waals surface area contributed by atoms with E-state index in [1.54, 1.807) is 0 Å². The smallest absolute Gasteiger partial charge is 0.478 e. The summed E-state index contributed by atoms with van der Waals surface area (Å²) in [5, 5.41) is 28.5. The van der Waals surface area contributed by atoms with Gasteiger partial charge in [0.15, 0.2) is 11.2 Å². The summed E-state index contributed by atoms with van der Waals surface area (Å²) in [5.74, 6) is -3.65. The lowest BCUT2D eigenvalue weighted by Crippen LogP contribution is -2.26. The molecule has 1 aromatic carbocycles. The quantitative estimate of drug-likeness (QED) is 0.217. The third-order valence-electron chi connectivity index (χ3n) is 4.99. The van der Waals surface area contributed by atoms with Crippen LogP contribution < -0.4 is 15.8 Å². The lowest BCUT2D eigenvalue weighted by atomic mass is 10.1. The Hall–Kier alpha value is -3.82. The number of hydrogen-bond donors (Lipinski definition) is 6. The Balaban J connectivity index is 1.45. The molecule has 186 valence electrons. The van der Waals surface area contributed by atoms with Crippen molar-refractivity contribution in [2.75, 3.05) is 12.3 Å². The molecule has 3 aromatic rings. The molecule has 7 N–H and O–H groups in total. The number of imidazole rings is 1. The normalized spacial score (nSPS) is 21.6. The van der Waals surface area contributed by atoms with Crippen LogP contribution in [0.5, 0.6) is 5.75 Å². The van der Waals surface area contributed by atoms with Crippen LogP contribution in [-0.2, 0) is 13.8 Å². The minimum absolute atomic E-state index is 0.00503. The molecule has 1 unspecified atom stereocenters. The molecule has 35 heavy (non-hydrogen) atoms. The number of nitrogens with two attached hydrogens (primary N) is 1. The second-order valence-corrected chi connectivity index (χ2v) is 8.80. The molecule has 0 radical (unpaired) electrons. The molecule has 1 aliphatic heterocycles. The zero-order valence-electron chi connectivity index (χ0n) is 17.5. The molecule has 1 saturated heterocycles. The summed E-state index contributed by atoms with van der Waals surface area (Å²) in [6.45, 7) is -0.626. The number of aromatic nitrogens is 4. The molecule has 0 spiro atoms. The minimum Gasteiger partial charge on any atom is -0.478 e. The van der Waals surface area contributed by atoms with E-state index in [2.05, 4.69) is 15.0 Å². The minimum atomic E-state index is -4.90. The first-order chi connectivity index (χ1) is 16.4. The SMILES string of the molecule is Nc1nc2c(ncn2[C@H]2C[C@H](O)[C@@H](COP(=O)(O)Oc3cc(C(=O)O)cc(C(=O)O)c3)O2)c(=O)[nH]1. The van der Waals surface area contributed by atoms with E-state index in [1.165, 1.54) is 10.9 Å². The topological polar surface area (TPSA) is 249 Å². The number of aromatic carboxylic acids is 2. The maximum Gasteiger partial charge on any atom is 0.527 e. The number of nitrogen functional groups attached to an aromatic ring is 1. The highest BCUT2D eigenvalue weighted by atomic mass is 31.2. The molecule has 3 heterocycles. The van der Waals surface area contributed by atoms with Crippen molar-refractivity contribution < 1.29 is 48.2 Å². The van der Waals surface area contributed by atoms with Gasteiger partial charge < -0.3 is 30.3 Å². The first-order valence-electron chi connectivity index (χ1n) is 9.78. The monoisotopic (exact) mass is 511 g/mol. The number of benzene rings is 1. The Kier molecular flexibility index (Phi) is 6.31. The van der Waals surface area contributed by atoms with E-state index in [4.69, 9.17) is 29.7 Å². The van der Waals surface area contributed by atoms with Crippen molar-refractivity contribution in [2.45, 2.75) is 24.9 Å². The van der Waals surface area contributed by atoms with Crippen LogP contribution in [0.25, 0.3) is 11.2 Å². The van der Waals surface area contributed by atoms with Crippen molar-refractivity contribution in [3.63, 3.8) is 0 Å². The molecular formula is C18H18N5O11P. The number of rotatable bonds is 8. The number of anilines is 1. The van der Waals surface area contributed by atoms with Gasteiger partial charge in [-0.2, -0.15) is 4.98 Å². The molecule has 0 bridgehead atoms. The number of hydrogen-bond acceptors (Lipinski definition) is 11. The van der Waals surface area contributed by atoms with Gasteiger partial charge in [-0.05, 0) is 18.2 Å². The number of fused-ring (bicyclic) bond motifs is 1. The molecule has 17 heteroatoms. The molecule has 1 aliphatic rings. The molecule has 0 saturated carbocycles. The highest BCUT2D eigenvalue weighted by Crippen LogP contribution is 2.45. The van der Waals surface area contributed by atoms with Crippen molar-refractivity contribution in [1.29, 1.82) is 0 Å². The molecule has 0 aliphatic carbocycles. The Bertz CT molecular complexity index is 1390. The number of phosphoric acid groups is 1. The Labute approximate surface area is 194 Å². The lowest BCUT2D eigenvalue weighted by Gasteiger charge is -2.18. The van der Waals surface area contributed by atoms with E-state index in [0.717, 1.165) is 18.2 Å². The molecule has 4 atom stereocenters. The number of carbonyl (C=O) groups is 2. The number of nitrogens with one attached hydrogen (secondary N) is 1. The summed E-state index contributed by atoms with van der Waals surface area (Å²) in [5.41, 5.74) is 4.12. The maximum absolute atomic E-state index is 12.4. The number of carboxylic acid groups (broad SMARTS) is 2. The first kappa shape index (κ1) is 24.3. The number of aliphatic hydroxyl groups is 1. The molecule has 0 amide bonds. The molecule has 2 aromatic heterocycles. The number of nitrogens with zero attached hydrogens (tertiary/aromatic N) is 3. The first-order valence-corrected chi connectivity index (χ1v) is 11.3. The van der Waals surface area contributed by atoms with Gasteiger partial charge in [-0.15, -0.1) is 0 Å². The highest BCUT2D eigenvalue weighted by Gasteiger charge is 2.38. The Morgan fingerprint density at radius 2 is 1.91 bits per heavy atom. The summed E-state index contributed by atoms with van der Waals surface area (Å²) < 4.78 is 29.1. The fourth-order valence-corrected chi connectivity index (χ4v) is 4.18. The zero-order chi connectivity index (χ0) is 25.5. The van der Waals surface area contributed by atoms with Crippen LogP contribution in [0.2, 0.25) is 0 Å². The van der Waals surface area contributed by atoms with Crippen LogP contribution in [0.3, 0.4) is 0 Å². The van der Waals surface area contributed by atoms with Gasteiger partial charge in [-0.25, -0.2) is 19.1 Å². The summed E-state index contributed by atoms with van der Waals surface area (Å²) in [4.78, 5) is 54.6. The number of aromatic amines is 1. The Morgan fingerprint density at radius 3 is 2.54 bits per heavy atom.